The van der Waals surface area contributed by atoms with E-state index in [1.807, 2.05) is 13.0 Å². The Morgan fingerprint density at radius 3 is 2.53 bits per heavy atom. The van der Waals surface area contributed by atoms with Crippen molar-refractivity contribution in [2.24, 2.45) is 23.2 Å². The molecule has 36 heavy (non-hydrogen) atoms. The Morgan fingerprint density at radius 1 is 1.03 bits per heavy atom. The summed E-state index contributed by atoms with van der Waals surface area (Å²) >= 11 is 0. The molecule has 0 radical (unpaired) electrons. The van der Waals surface area contributed by atoms with Crippen LogP contribution >= 0.6 is 0 Å². The molecule has 0 aromatic heterocycles. The third-order valence-electron chi connectivity index (χ3n) is 10.3. The zero-order chi connectivity index (χ0) is 25.4. The third-order valence-corrected chi connectivity index (χ3v) is 10.3. The number of nitrogens with zero attached hydrogens (tertiary/aromatic N) is 1. The standard InChI is InChI=1S/C33H45NO2/c1-5-6-7-8-19-34(4)25-12-9-23(10-13-25)29-21-33(3)30(22(2)35)17-18-31(33)28-15-11-24-20-26(36)14-16-27(24)32(28)29/h9-10,12-13,20,28-31H,5-8,11,14-19,21H2,1-4H3. The molecule has 3 heteroatoms. The minimum Gasteiger partial charge on any atom is -0.375 e. The van der Waals surface area contributed by atoms with Crippen LogP contribution in [0, 0.1) is 23.2 Å². The molecular formula is C33H45NO2. The lowest BCUT2D eigenvalue weighted by Gasteiger charge is -2.52. The quantitative estimate of drug-likeness (QED) is 0.351. The van der Waals surface area contributed by atoms with E-state index in [1.54, 1.807) is 5.57 Å². The lowest BCUT2D eigenvalue weighted by molar-refractivity contribution is -0.125. The largest absolute Gasteiger partial charge is 0.375 e. The van der Waals surface area contributed by atoms with Crippen LogP contribution < -0.4 is 4.90 Å². The highest BCUT2D eigenvalue weighted by atomic mass is 16.1. The van der Waals surface area contributed by atoms with E-state index in [0.717, 1.165) is 38.6 Å². The van der Waals surface area contributed by atoms with Crippen LogP contribution in [0.4, 0.5) is 5.69 Å². The summed E-state index contributed by atoms with van der Waals surface area (Å²) in [5, 5.41) is 0. The summed E-state index contributed by atoms with van der Waals surface area (Å²) in [6, 6.07) is 9.34. The van der Waals surface area contributed by atoms with Gasteiger partial charge in [0.05, 0.1) is 0 Å². The van der Waals surface area contributed by atoms with Gasteiger partial charge in [0.15, 0.2) is 5.78 Å². The molecule has 0 N–H and O–H groups in total. The normalized spacial score (nSPS) is 31.4. The number of Topliss-reactive ketones (excluding diaryl/α,β-unsaturated/α-hetero) is 1. The smallest absolute Gasteiger partial charge is 0.156 e. The molecule has 0 aliphatic heterocycles. The van der Waals surface area contributed by atoms with Gasteiger partial charge in [-0.25, -0.2) is 0 Å². The average molecular weight is 488 g/mol. The minimum atomic E-state index is 0.0751. The second-order valence-electron chi connectivity index (χ2n) is 12.4. The number of fused-ring (bicyclic) bond motifs is 4. The monoisotopic (exact) mass is 487 g/mol. The Kier molecular flexibility index (Phi) is 7.30. The lowest BCUT2D eigenvalue weighted by atomic mass is 9.51. The van der Waals surface area contributed by atoms with Gasteiger partial charge >= 0.3 is 0 Å². The second kappa shape index (κ2) is 10.3. The molecule has 194 valence electrons. The molecule has 5 rings (SSSR count). The van der Waals surface area contributed by atoms with Crippen molar-refractivity contribution in [3.63, 3.8) is 0 Å². The molecule has 4 aliphatic rings. The fourth-order valence-electron chi connectivity index (χ4n) is 8.49. The van der Waals surface area contributed by atoms with Gasteiger partial charge in [-0.05, 0) is 104 Å². The zero-order valence-electron chi connectivity index (χ0n) is 22.9. The molecule has 0 spiro atoms. The van der Waals surface area contributed by atoms with Crippen molar-refractivity contribution in [3.8, 4) is 0 Å². The Balaban J connectivity index is 1.49. The van der Waals surface area contributed by atoms with Crippen LogP contribution in [-0.4, -0.2) is 25.2 Å². The number of rotatable bonds is 8. The van der Waals surface area contributed by atoms with Crippen molar-refractivity contribution in [1.29, 1.82) is 0 Å². The zero-order valence-corrected chi connectivity index (χ0v) is 22.9. The van der Waals surface area contributed by atoms with E-state index in [4.69, 9.17) is 0 Å². The van der Waals surface area contributed by atoms with Crippen LogP contribution in [0.15, 0.2) is 47.1 Å². The number of carbonyl (C=O) groups excluding carboxylic acids is 2. The van der Waals surface area contributed by atoms with Crippen LogP contribution in [0.25, 0.3) is 0 Å². The Morgan fingerprint density at radius 2 is 1.81 bits per heavy atom. The molecule has 0 heterocycles. The average Bonchev–Trinajstić information content (AvgIpc) is 3.23. The summed E-state index contributed by atoms with van der Waals surface area (Å²) in [6.45, 7) is 7.61. The maximum Gasteiger partial charge on any atom is 0.156 e. The Bertz CT molecular complexity index is 1060. The molecular weight excluding hydrogens is 442 g/mol. The Labute approximate surface area is 218 Å². The first-order chi connectivity index (χ1) is 17.3. The van der Waals surface area contributed by atoms with Gasteiger partial charge in [0, 0.05) is 37.5 Å². The molecule has 1 aromatic rings. The van der Waals surface area contributed by atoms with Crippen LogP contribution in [-0.2, 0) is 9.59 Å². The molecule has 4 aliphatic carbocycles. The SMILES string of the molecule is CCCCCCN(C)c1ccc(C2CC3(C)C(C(C)=O)CCC3C3CCC4=CC(=O)CCC4=C23)cc1. The number of allylic oxidation sites excluding steroid dienone is 4. The molecule has 2 saturated carbocycles. The molecule has 3 nitrogen and oxygen atoms in total. The predicted molar refractivity (Wildman–Crippen MR) is 148 cm³/mol. The first-order valence-corrected chi connectivity index (χ1v) is 14.6. The van der Waals surface area contributed by atoms with Crippen LogP contribution in [0.2, 0.25) is 0 Å². The summed E-state index contributed by atoms with van der Waals surface area (Å²) < 4.78 is 0. The summed E-state index contributed by atoms with van der Waals surface area (Å²) in [6.07, 6.45) is 14.1. The fourth-order valence-corrected chi connectivity index (χ4v) is 8.49. The third kappa shape index (κ3) is 4.52. The molecule has 5 atom stereocenters. The van der Waals surface area contributed by atoms with Crippen molar-refractivity contribution in [2.45, 2.75) is 97.3 Å². The summed E-state index contributed by atoms with van der Waals surface area (Å²) in [4.78, 5) is 27.4. The summed E-state index contributed by atoms with van der Waals surface area (Å²) in [5.41, 5.74) is 7.22. The molecule has 0 saturated heterocycles. The number of anilines is 1. The van der Waals surface area contributed by atoms with E-state index in [-0.39, 0.29) is 11.3 Å². The highest BCUT2D eigenvalue weighted by Crippen LogP contribution is 2.65. The van der Waals surface area contributed by atoms with Gasteiger partial charge in [0.1, 0.15) is 5.78 Å². The number of ketones is 2. The highest BCUT2D eigenvalue weighted by Gasteiger charge is 2.57. The molecule has 0 amide bonds. The maximum absolute atomic E-state index is 12.8. The van der Waals surface area contributed by atoms with Crippen molar-refractivity contribution >= 4 is 17.3 Å². The number of hydrogen-bond acceptors (Lipinski definition) is 3. The molecule has 5 unspecified atom stereocenters. The van der Waals surface area contributed by atoms with E-state index in [1.165, 1.54) is 54.5 Å². The van der Waals surface area contributed by atoms with Crippen LogP contribution in [0.3, 0.4) is 0 Å². The van der Waals surface area contributed by atoms with Gasteiger partial charge in [0.25, 0.3) is 0 Å². The van der Waals surface area contributed by atoms with Crippen molar-refractivity contribution < 1.29 is 9.59 Å². The van der Waals surface area contributed by atoms with E-state index in [9.17, 15) is 9.59 Å². The minimum absolute atomic E-state index is 0.0751. The first kappa shape index (κ1) is 25.5. The van der Waals surface area contributed by atoms with E-state index < -0.39 is 0 Å². The maximum atomic E-state index is 12.8. The van der Waals surface area contributed by atoms with E-state index >= 15 is 0 Å². The van der Waals surface area contributed by atoms with E-state index in [0.29, 0.717) is 35.7 Å². The lowest BCUT2D eigenvalue weighted by Crippen LogP contribution is -2.44. The van der Waals surface area contributed by atoms with Gasteiger partial charge in [-0.3, -0.25) is 9.59 Å². The van der Waals surface area contributed by atoms with Crippen LogP contribution in [0.5, 0.6) is 0 Å². The van der Waals surface area contributed by atoms with E-state index in [2.05, 4.69) is 50.1 Å². The van der Waals surface area contributed by atoms with Crippen molar-refractivity contribution in [2.75, 3.05) is 18.5 Å². The predicted octanol–water partition coefficient (Wildman–Crippen LogP) is 7.81. The van der Waals surface area contributed by atoms with Crippen molar-refractivity contribution in [1.82, 2.24) is 0 Å². The topological polar surface area (TPSA) is 37.4 Å². The van der Waals surface area contributed by atoms with Crippen molar-refractivity contribution in [3.05, 3.63) is 52.6 Å². The first-order valence-electron chi connectivity index (χ1n) is 14.6. The summed E-state index contributed by atoms with van der Waals surface area (Å²) in [7, 11) is 2.21. The number of benzene rings is 1. The highest BCUT2D eigenvalue weighted by molar-refractivity contribution is 5.93. The number of carbonyl (C=O) groups is 2. The van der Waals surface area contributed by atoms with Gasteiger partial charge in [0.2, 0.25) is 0 Å². The number of hydrogen-bond donors (Lipinski definition) is 0. The molecule has 1 aromatic carbocycles. The number of unbranched alkanes of at least 4 members (excludes halogenated alkanes) is 3. The van der Waals surface area contributed by atoms with Gasteiger partial charge in [-0.1, -0.05) is 50.8 Å². The summed E-state index contributed by atoms with van der Waals surface area (Å²) in [5.74, 6) is 2.38. The van der Waals surface area contributed by atoms with Gasteiger partial charge in [-0.15, -0.1) is 0 Å². The molecule has 0 bridgehead atoms. The molecule has 2 fully saturated rings. The fraction of sp³-hybridized carbons (Fsp3) is 0.636. The van der Waals surface area contributed by atoms with Crippen LogP contribution in [0.1, 0.15) is 103 Å². The van der Waals surface area contributed by atoms with Gasteiger partial charge in [-0.2, -0.15) is 0 Å². The second-order valence-corrected chi connectivity index (χ2v) is 12.4. The Hall–Kier alpha value is -2.16. The van der Waals surface area contributed by atoms with Gasteiger partial charge < -0.3 is 4.90 Å².